The Morgan fingerprint density at radius 2 is 1.50 bits per heavy atom. The van der Waals surface area contributed by atoms with Gasteiger partial charge in [0.2, 0.25) is 0 Å². The summed E-state index contributed by atoms with van der Waals surface area (Å²) < 4.78 is 10.4. The van der Waals surface area contributed by atoms with Gasteiger partial charge in [-0.05, 0) is 36.4 Å². The summed E-state index contributed by atoms with van der Waals surface area (Å²) in [6, 6.07) is 11.0. The number of nitrogens with zero attached hydrogens (tertiary/aromatic N) is 3. The molecule has 26 heavy (non-hydrogen) atoms. The first-order valence-electron chi connectivity index (χ1n) is 8.22. The van der Waals surface area contributed by atoms with Gasteiger partial charge in [-0.25, -0.2) is 0 Å². The van der Waals surface area contributed by atoms with Crippen molar-refractivity contribution in [1.82, 2.24) is 0 Å². The number of hydrogen-bond acceptors (Lipinski definition) is 7. The molecule has 0 unspecified atom stereocenters. The fourth-order valence-corrected chi connectivity index (χ4v) is 2.11. The number of hydrogen-bond donors (Lipinski definition) is 1. The van der Waals surface area contributed by atoms with Gasteiger partial charge >= 0.3 is 0 Å². The van der Waals surface area contributed by atoms with Crippen LogP contribution in [0, 0.1) is 4.91 Å². The van der Waals surface area contributed by atoms with Crippen molar-refractivity contribution in [1.29, 1.82) is 0 Å². The largest absolute Gasteiger partial charge is 0.495 e. The molecule has 0 saturated carbocycles. The highest BCUT2D eigenvalue weighted by molar-refractivity contribution is 5.62. The predicted octanol–water partition coefficient (Wildman–Crippen LogP) is 3.89. The molecule has 0 aliphatic carbocycles. The van der Waals surface area contributed by atoms with E-state index in [1.165, 1.54) is 0 Å². The number of benzene rings is 2. The normalized spacial score (nSPS) is 9.62. The predicted molar refractivity (Wildman–Crippen MR) is 109 cm³/mol. The molecule has 7 heteroatoms. The number of nitrogen functional groups attached to an aromatic ring is 1. The first kappa shape index (κ1) is 21.1. The van der Waals surface area contributed by atoms with Crippen molar-refractivity contribution in [2.75, 3.05) is 57.4 Å². The van der Waals surface area contributed by atoms with E-state index >= 15 is 0 Å². The molecule has 0 saturated heterocycles. The van der Waals surface area contributed by atoms with Crippen LogP contribution in [0.15, 0.2) is 41.6 Å². The van der Waals surface area contributed by atoms with E-state index in [1.54, 1.807) is 19.2 Å². The Morgan fingerprint density at radius 3 is 1.96 bits per heavy atom. The monoisotopic (exact) mass is 360 g/mol. The Balaban J connectivity index is 0.000000263. The van der Waals surface area contributed by atoms with Gasteiger partial charge in [0.1, 0.15) is 11.4 Å². The Hall–Kier alpha value is -2.96. The fraction of sp³-hybridized carbons (Fsp3) is 0.368. The smallest absolute Gasteiger partial charge is 0.150 e. The van der Waals surface area contributed by atoms with Crippen molar-refractivity contribution in [2.45, 2.75) is 6.92 Å². The summed E-state index contributed by atoms with van der Waals surface area (Å²) in [6.45, 7) is 2.40. The lowest BCUT2D eigenvalue weighted by Gasteiger charge is -2.14. The van der Waals surface area contributed by atoms with Crippen LogP contribution in [0.2, 0.25) is 0 Å². The summed E-state index contributed by atoms with van der Waals surface area (Å²) in [7, 11) is 9.43. The highest BCUT2D eigenvalue weighted by Gasteiger charge is 2.06. The first-order valence-corrected chi connectivity index (χ1v) is 8.22. The van der Waals surface area contributed by atoms with Crippen LogP contribution in [0.5, 0.6) is 11.5 Å². The Kier molecular flexibility index (Phi) is 8.21. The Morgan fingerprint density at radius 1 is 0.962 bits per heavy atom. The zero-order chi connectivity index (χ0) is 19.7. The van der Waals surface area contributed by atoms with E-state index in [2.05, 4.69) is 5.18 Å². The summed E-state index contributed by atoms with van der Waals surface area (Å²) in [5.74, 6) is 1.26. The topological polar surface area (TPSA) is 80.4 Å². The maximum Gasteiger partial charge on any atom is 0.150 e. The van der Waals surface area contributed by atoms with Crippen molar-refractivity contribution in [3.8, 4) is 11.5 Å². The summed E-state index contributed by atoms with van der Waals surface area (Å²) >= 11 is 0. The molecule has 0 radical (unpaired) electrons. The van der Waals surface area contributed by atoms with Crippen molar-refractivity contribution in [3.63, 3.8) is 0 Å². The lowest BCUT2D eigenvalue weighted by molar-refractivity contribution is 0.341. The highest BCUT2D eigenvalue weighted by atomic mass is 16.5. The van der Waals surface area contributed by atoms with Crippen LogP contribution >= 0.6 is 0 Å². The fourth-order valence-electron chi connectivity index (χ4n) is 2.11. The summed E-state index contributed by atoms with van der Waals surface area (Å²) in [5, 5.41) is 2.90. The standard InChI is InChI=1S/C10H14N2O2.C9H14N2O/c1-4-14-10-7-8(12(2)3)5-6-9(10)11-13;1-11(2)7-4-5-8(10)9(6-7)12-3/h5-7H,4H2,1-3H3;4-6H,10H2,1-3H3. The van der Waals surface area contributed by atoms with Crippen LogP contribution in [0.3, 0.4) is 0 Å². The van der Waals surface area contributed by atoms with Gasteiger partial charge in [-0.2, -0.15) is 0 Å². The van der Waals surface area contributed by atoms with Crippen molar-refractivity contribution < 1.29 is 9.47 Å². The van der Waals surface area contributed by atoms with Crippen LogP contribution in [0.25, 0.3) is 0 Å². The van der Waals surface area contributed by atoms with Gasteiger partial charge in [0.25, 0.3) is 0 Å². The molecule has 2 aromatic carbocycles. The average Bonchev–Trinajstić information content (AvgIpc) is 2.62. The second-order valence-corrected chi connectivity index (χ2v) is 5.89. The number of methoxy groups -OCH3 is 1. The molecule has 0 spiro atoms. The minimum Gasteiger partial charge on any atom is -0.495 e. The van der Waals surface area contributed by atoms with Crippen molar-refractivity contribution >= 4 is 22.7 Å². The molecule has 0 aromatic heterocycles. The van der Waals surface area contributed by atoms with E-state index in [0.717, 1.165) is 17.1 Å². The zero-order valence-electron chi connectivity index (χ0n) is 16.3. The minimum absolute atomic E-state index is 0.345. The summed E-state index contributed by atoms with van der Waals surface area (Å²) in [6.07, 6.45) is 0. The number of nitrogens with two attached hydrogens (primary N) is 1. The molecule has 0 aliphatic heterocycles. The molecule has 0 atom stereocenters. The number of ether oxygens (including phenoxy) is 2. The molecule has 0 heterocycles. The van der Waals surface area contributed by atoms with Gasteiger partial charge in [0.05, 0.1) is 19.4 Å². The molecule has 2 N–H and O–H groups in total. The molecular weight excluding hydrogens is 332 g/mol. The van der Waals surface area contributed by atoms with Crippen molar-refractivity contribution in [3.05, 3.63) is 41.3 Å². The lowest BCUT2D eigenvalue weighted by Crippen LogP contribution is -2.08. The maximum atomic E-state index is 10.4. The Bertz CT molecular complexity index is 718. The van der Waals surface area contributed by atoms with E-state index in [-0.39, 0.29) is 0 Å². The molecular formula is C19H28N4O3. The maximum absolute atomic E-state index is 10.4. The third kappa shape index (κ3) is 5.84. The molecule has 0 aliphatic rings. The molecule has 0 amide bonds. The van der Waals surface area contributed by atoms with Crippen LogP contribution in [0.4, 0.5) is 22.7 Å². The molecule has 2 aromatic rings. The van der Waals surface area contributed by atoms with Crippen LogP contribution in [0.1, 0.15) is 6.92 Å². The van der Waals surface area contributed by atoms with Crippen molar-refractivity contribution in [2.24, 2.45) is 5.18 Å². The van der Waals surface area contributed by atoms with Gasteiger partial charge in [-0.3, -0.25) is 0 Å². The Labute approximate surface area is 155 Å². The molecule has 7 nitrogen and oxygen atoms in total. The molecule has 2 rings (SSSR count). The van der Waals surface area contributed by atoms with Crippen LogP contribution < -0.4 is 25.0 Å². The highest BCUT2D eigenvalue weighted by Crippen LogP contribution is 2.31. The second-order valence-electron chi connectivity index (χ2n) is 5.89. The SMILES string of the molecule is CCOc1cc(N(C)C)ccc1N=O.COc1cc(N(C)C)ccc1N. The van der Waals surface area contributed by atoms with Gasteiger partial charge in [-0.15, -0.1) is 4.91 Å². The van der Waals surface area contributed by atoms with Crippen LogP contribution in [-0.2, 0) is 0 Å². The first-order chi connectivity index (χ1) is 12.3. The van der Waals surface area contributed by atoms with E-state index in [9.17, 15) is 4.91 Å². The van der Waals surface area contributed by atoms with E-state index in [0.29, 0.717) is 23.7 Å². The van der Waals surface area contributed by atoms with E-state index in [1.807, 2.05) is 69.2 Å². The summed E-state index contributed by atoms with van der Waals surface area (Å²) in [5.41, 5.74) is 8.74. The number of anilines is 3. The minimum atomic E-state index is 0.345. The molecule has 142 valence electrons. The average molecular weight is 360 g/mol. The van der Waals surface area contributed by atoms with Crippen LogP contribution in [-0.4, -0.2) is 41.9 Å². The second kappa shape index (κ2) is 10.1. The molecule has 0 fully saturated rings. The number of rotatable bonds is 6. The van der Waals surface area contributed by atoms with Gasteiger partial charge < -0.3 is 25.0 Å². The van der Waals surface area contributed by atoms with E-state index < -0.39 is 0 Å². The van der Waals surface area contributed by atoms with Gasteiger partial charge in [0.15, 0.2) is 5.75 Å². The number of nitroso groups, excluding NO2 is 1. The van der Waals surface area contributed by atoms with Gasteiger partial charge in [-0.1, -0.05) is 0 Å². The van der Waals surface area contributed by atoms with E-state index in [4.69, 9.17) is 15.2 Å². The van der Waals surface area contributed by atoms with Gasteiger partial charge in [0, 0.05) is 51.7 Å². The summed E-state index contributed by atoms with van der Waals surface area (Å²) in [4.78, 5) is 14.4. The third-order valence-corrected chi connectivity index (χ3v) is 3.59. The lowest BCUT2D eigenvalue weighted by atomic mass is 10.2. The third-order valence-electron chi connectivity index (χ3n) is 3.59. The quantitative estimate of drug-likeness (QED) is 0.622. The molecule has 0 bridgehead atoms. The zero-order valence-corrected chi connectivity index (χ0v) is 16.3.